The molecule has 1 rings (SSSR count). The molecule has 0 spiro atoms. The van der Waals surface area contributed by atoms with E-state index >= 15 is 0 Å². The van der Waals surface area contributed by atoms with E-state index in [1.165, 1.54) is 6.07 Å². The first-order valence-electron chi connectivity index (χ1n) is 3.06. The summed E-state index contributed by atoms with van der Waals surface area (Å²) in [6.45, 7) is 0. The van der Waals surface area contributed by atoms with Crippen LogP contribution in [0.2, 0.25) is 0 Å². The molecule has 0 radical (unpaired) electrons. The maximum atomic E-state index is 11.0. The first kappa shape index (κ1) is 8.09. The summed E-state index contributed by atoms with van der Waals surface area (Å²) < 4.78 is 0. The van der Waals surface area contributed by atoms with E-state index in [1.54, 1.807) is 12.4 Å². The highest BCUT2D eigenvalue weighted by Gasteiger charge is 1.89. The zero-order valence-electron chi connectivity index (χ0n) is 5.73. The number of aromatic amines is 1. The van der Waals surface area contributed by atoms with Crippen molar-refractivity contribution in [3.05, 3.63) is 34.2 Å². The molecule has 0 unspecified atom stereocenters. The van der Waals surface area contributed by atoms with Gasteiger partial charge in [0.2, 0.25) is 0 Å². The quantitative estimate of drug-likeness (QED) is 0.507. The maximum Gasteiger partial charge on any atom is 0.197 e. The van der Waals surface area contributed by atoms with Crippen LogP contribution < -0.4 is 5.43 Å². The van der Waals surface area contributed by atoms with Gasteiger partial charge in [0.15, 0.2) is 5.43 Å². The molecule has 3 heteroatoms. The van der Waals surface area contributed by atoms with Crippen molar-refractivity contribution in [2.24, 2.45) is 0 Å². The van der Waals surface area contributed by atoms with Gasteiger partial charge in [0.05, 0.1) is 10.9 Å². The Morgan fingerprint density at radius 3 is 3.09 bits per heavy atom. The Labute approximate surface area is 72.8 Å². The second-order valence-electron chi connectivity index (χ2n) is 1.86. The molecular formula is C8H6BrNO. The van der Waals surface area contributed by atoms with E-state index in [0.717, 1.165) is 0 Å². The Hall–Kier alpha value is -1.01. The van der Waals surface area contributed by atoms with E-state index < -0.39 is 0 Å². The molecule has 0 bridgehead atoms. The first-order chi connectivity index (χ1) is 5.34. The minimum absolute atomic E-state index is 0.0443. The van der Waals surface area contributed by atoms with E-state index in [1.807, 2.05) is 0 Å². The van der Waals surface area contributed by atoms with Gasteiger partial charge in [-0.2, -0.15) is 0 Å². The minimum Gasteiger partial charge on any atom is -0.366 e. The SMILES string of the molecule is O=c1cc[nH]cc1C#CCBr. The summed E-state index contributed by atoms with van der Waals surface area (Å²) in [6.07, 6.45) is 3.18. The summed E-state index contributed by atoms with van der Waals surface area (Å²) in [5.41, 5.74) is 0.462. The molecule has 0 aromatic carbocycles. The number of aromatic nitrogens is 1. The number of hydrogen-bond acceptors (Lipinski definition) is 1. The topological polar surface area (TPSA) is 32.9 Å². The van der Waals surface area contributed by atoms with Crippen LogP contribution in [0, 0.1) is 11.8 Å². The highest BCUT2D eigenvalue weighted by atomic mass is 79.9. The molecule has 0 amide bonds. The van der Waals surface area contributed by atoms with Crippen molar-refractivity contribution in [1.29, 1.82) is 0 Å². The zero-order chi connectivity index (χ0) is 8.10. The van der Waals surface area contributed by atoms with Crippen molar-refractivity contribution in [3.8, 4) is 11.8 Å². The van der Waals surface area contributed by atoms with Gasteiger partial charge in [-0.25, -0.2) is 0 Å². The van der Waals surface area contributed by atoms with Crippen molar-refractivity contribution in [2.75, 3.05) is 5.33 Å². The summed E-state index contributed by atoms with van der Waals surface area (Å²) in [5, 5.41) is 0.585. The van der Waals surface area contributed by atoms with Crippen molar-refractivity contribution in [3.63, 3.8) is 0 Å². The highest BCUT2D eigenvalue weighted by Crippen LogP contribution is 1.83. The van der Waals surface area contributed by atoms with Gasteiger partial charge in [0, 0.05) is 18.5 Å². The van der Waals surface area contributed by atoms with E-state index in [2.05, 4.69) is 32.8 Å². The van der Waals surface area contributed by atoms with Crippen molar-refractivity contribution >= 4 is 15.9 Å². The van der Waals surface area contributed by atoms with Crippen LogP contribution in [0.5, 0.6) is 0 Å². The lowest BCUT2D eigenvalue weighted by atomic mass is 10.3. The Bertz CT molecular complexity index is 345. The van der Waals surface area contributed by atoms with Gasteiger partial charge < -0.3 is 4.98 Å². The van der Waals surface area contributed by atoms with Crippen molar-refractivity contribution in [2.45, 2.75) is 0 Å². The monoisotopic (exact) mass is 211 g/mol. The molecular weight excluding hydrogens is 206 g/mol. The van der Waals surface area contributed by atoms with Crippen LogP contribution in [0.15, 0.2) is 23.3 Å². The van der Waals surface area contributed by atoms with Crippen LogP contribution in [-0.4, -0.2) is 10.3 Å². The minimum atomic E-state index is -0.0443. The smallest absolute Gasteiger partial charge is 0.197 e. The van der Waals surface area contributed by atoms with E-state index in [-0.39, 0.29) is 5.43 Å². The maximum absolute atomic E-state index is 11.0. The van der Waals surface area contributed by atoms with E-state index in [0.29, 0.717) is 10.9 Å². The van der Waals surface area contributed by atoms with Crippen LogP contribution in [0.25, 0.3) is 0 Å². The molecule has 1 heterocycles. The fourth-order valence-corrected chi connectivity index (χ4v) is 0.783. The fraction of sp³-hybridized carbons (Fsp3) is 0.125. The highest BCUT2D eigenvalue weighted by molar-refractivity contribution is 9.09. The molecule has 0 aliphatic rings. The second-order valence-corrected chi connectivity index (χ2v) is 2.42. The molecule has 11 heavy (non-hydrogen) atoms. The number of rotatable bonds is 0. The predicted molar refractivity (Wildman–Crippen MR) is 47.7 cm³/mol. The van der Waals surface area contributed by atoms with Gasteiger partial charge in [0.1, 0.15) is 0 Å². The Balaban J connectivity index is 3.05. The van der Waals surface area contributed by atoms with E-state index in [9.17, 15) is 4.79 Å². The molecule has 0 saturated carbocycles. The molecule has 0 fully saturated rings. The average molecular weight is 212 g/mol. The lowest BCUT2D eigenvalue weighted by Crippen LogP contribution is -2.02. The molecule has 0 atom stereocenters. The van der Waals surface area contributed by atoms with Gasteiger partial charge in [0.25, 0.3) is 0 Å². The number of pyridine rings is 1. The van der Waals surface area contributed by atoms with Gasteiger partial charge >= 0.3 is 0 Å². The van der Waals surface area contributed by atoms with Gasteiger partial charge in [-0.1, -0.05) is 27.8 Å². The number of halogens is 1. The van der Waals surface area contributed by atoms with Crippen LogP contribution in [-0.2, 0) is 0 Å². The molecule has 0 aliphatic heterocycles. The number of alkyl halides is 1. The summed E-state index contributed by atoms with van der Waals surface area (Å²) in [6, 6.07) is 1.46. The number of nitrogens with one attached hydrogen (secondary N) is 1. The van der Waals surface area contributed by atoms with Crippen molar-refractivity contribution < 1.29 is 0 Å². The molecule has 2 nitrogen and oxygen atoms in total. The Morgan fingerprint density at radius 2 is 2.45 bits per heavy atom. The fourth-order valence-electron chi connectivity index (χ4n) is 0.642. The summed E-state index contributed by atoms with van der Waals surface area (Å²) in [4.78, 5) is 13.8. The van der Waals surface area contributed by atoms with E-state index in [4.69, 9.17) is 0 Å². The molecule has 1 aromatic heterocycles. The lowest BCUT2D eigenvalue weighted by molar-refractivity contribution is 1.28. The third-order valence-electron chi connectivity index (χ3n) is 1.11. The summed E-state index contributed by atoms with van der Waals surface area (Å²) >= 11 is 3.15. The lowest BCUT2D eigenvalue weighted by Gasteiger charge is -1.84. The van der Waals surface area contributed by atoms with Gasteiger partial charge in [-0.3, -0.25) is 4.79 Å². The van der Waals surface area contributed by atoms with Crippen LogP contribution >= 0.6 is 15.9 Å². The molecule has 56 valence electrons. The normalized spacial score (nSPS) is 8.45. The third-order valence-corrected chi connectivity index (χ3v) is 1.39. The molecule has 1 aromatic rings. The van der Waals surface area contributed by atoms with Crippen molar-refractivity contribution in [1.82, 2.24) is 4.98 Å². The molecule has 1 N–H and O–H groups in total. The summed E-state index contributed by atoms with van der Waals surface area (Å²) in [5.74, 6) is 5.47. The standard InChI is InChI=1S/C8H6BrNO/c9-4-1-2-7-6-10-5-3-8(7)11/h3,5-6H,4H2,(H,10,11). The zero-order valence-corrected chi connectivity index (χ0v) is 7.31. The average Bonchev–Trinajstić information content (AvgIpc) is 2.03. The Morgan fingerprint density at radius 1 is 1.64 bits per heavy atom. The summed E-state index contributed by atoms with van der Waals surface area (Å²) in [7, 11) is 0. The molecule has 0 aliphatic carbocycles. The number of hydrogen-bond donors (Lipinski definition) is 1. The first-order valence-corrected chi connectivity index (χ1v) is 4.18. The third kappa shape index (κ3) is 2.24. The Kier molecular flexibility index (Phi) is 2.94. The second kappa shape index (κ2) is 3.99. The van der Waals surface area contributed by atoms with Gasteiger partial charge in [-0.05, 0) is 0 Å². The predicted octanol–water partition coefficient (Wildman–Crippen LogP) is 1.12. The number of H-pyrrole nitrogens is 1. The van der Waals surface area contributed by atoms with Crippen LogP contribution in [0.4, 0.5) is 0 Å². The van der Waals surface area contributed by atoms with Crippen LogP contribution in [0.1, 0.15) is 5.56 Å². The van der Waals surface area contributed by atoms with Crippen LogP contribution in [0.3, 0.4) is 0 Å². The molecule has 0 saturated heterocycles. The largest absolute Gasteiger partial charge is 0.366 e. The van der Waals surface area contributed by atoms with Gasteiger partial charge in [-0.15, -0.1) is 0 Å².